The number of amides is 1. The first-order chi connectivity index (χ1) is 8.57. The maximum Gasteiger partial charge on any atom is 0.244 e. The minimum absolute atomic E-state index is 0.322. The second-order valence-electron chi connectivity index (χ2n) is 4.76. The van der Waals surface area contributed by atoms with Crippen molar-refractivity contribution in [1.29, 1.82) is 0 Å². The number of nitrogens with zero attached hydrogens (tertiary/aromatic N) is 1. The van der Waals surface area contributed by atoms with Crippen molar-refractivity contribution in [2.45, 2.75) is 12.0 Å². The summed E-state index contributed by atoms with van der Waals surface area (Å²) in [6.45, 7) is 1.46. The highest BCUT2D eigenvalue weighted by Crippen LogP contribution is 2.30. The number of hydrogen-bond donors (Lipinski definition) is 2. The Balaban J connectivity index is 2.27. The van der Waals surface area contributed by atoms with Crippen LogP contribution in [0.2, 0.25) is 0 Å². The van der Waals surface area contributed by atoms with E-state index in [0.717, 1.165) is 12.2 Å². The third kappa shape index (κ3) is 2.26. The third-order valence-corrected chi connectivity index (χ3v) is 3.41. The zero-order chi connectivity index (χ0) is 13.2. The SMILES string of the molecule is COc1ccccc1NC1(C(N)=O)CCN(C)C1. The summed E-state index contributed by atoms with van der Waals surface area (Å²) >= 11 is 0. The second kappa shape index (κ2) is 4.86. The molecule has 0 spiro atoms. The van der Waals surface area contributed by atoms with Gasteiger partial charge in [0.05, 0.1) is 12.8 Å². The molecule has 0 saturated carbocycles. The minimum Gasteiger partial charge on any atom is -0.495 e. The number of nitrogens with two attached hydrogens (primary N) is 1. The van der Waals surface area contributed by atoms with Crippen molar-refractivity contribution in [2.24, 2.45) is 5.73 Å². The van der Waals surface area contributed by atoms with Crippen LogP contribution in [0, 0.1) is 0 Å². The van der Waals surface area contributed by atoms with Crippen LogP contribution in [0.25, 0.3) is 0 Å². The van der Waals surface area contributed by atoms with Crippen LogP contribution in [0.1, 0.15) is 6.42 Å². The molecule has 1 heterocycles. The van der Waals surface area contributed by atoms with Crippen molar-refractivity contribution >= 4 is 11.6 Å². The number of benzene rings is 1. The van der Waals surface area contributed by atoms with Gasteiger partial charge >= 0.3 is 0 Å². The highest BCUT2D eigenvalue weighted by molar-refractivity contribution is 5.89. The van der Waals surface area contributed by atoms with Crippen molar-refractivity contribution in [3.05, 3.63) is 24.3 Å². The molecule has 1 unspecified atom stereocenters. The van der Waals surface area contributed by atoms with E-state index in [1.54, 1.807) is 7.11 Å². The molecular weight excluding hydrogens is 230 g/mol. The lowest BCUT2D eigenvalue weighted by molar-refractivity contribution is -0.121. The molecule has 0 radical (unpaired) electrons. The molecule has 1 saturated heterocycles. The normalized spacial score (nSPS) is 23.9. The summed E-state index contributed by atoms with van der Waals surface area (Å²) in [5.41, 5.74) is 5.66. The Morgan fingerprint density at radius 3 is 2.78 bits per heavy atom. The van der Waals surface area contributed by atoms with Crippen molar-refractivity contribution in [3.63, 3.8) is 0 Å². The molecule has 18 heavy (non-hydrogen) atoms. The molecule has 5 heteroatoms. The monoisotopic (exact) mass is 249 g/mol. The molecule has 3 N–H and O–H groups in total. The lowest BCUT2D eigenvalue weighted by atomic mass is 9.97. The molecule has 1 fully saturated rings. The Hall–Kier alpha value is -1.75. The first-order valence-electron chi connectivity index (χ1n) is 5.97. The first-order valence-corrected chi connectivity index (χ1v) is 5.97. The van der Waals surface area contributed by atoms with E-state index >= 15 is 0 Å². The topological polar surface area (TPSA) is 67.6 Å². The fraction of sp³-hybridized carbons (Fsp3) is 0.462. The van der Waals surface area contributed by atoms with Gasteiger partial charge in [-0.3, -0.25) is 4.79 Å². The van der Waals surface area contributed by atoms with Gasteiger partial charge in [-0.1, -0.05) is 12.1 Å². The van der Waals surface area contributed by atoms with Crippen LogP contribution >= 0.6 is 0 Å². The number of rotatable bonds is 4. The Labute approximate surface area is 107 Å². The number of anilines is 1. The van der Waals surface area contributed by atoms with E-state index in [2.05, 4.69) is 10.2 Å². The van der Waals surface area contributed by atoms with E-state index in [1.807, 2.05) is 31.3 Å². The summed E-state index contributed by atoms with van der Waals surface area (Å²) in [5, 5.41) is 3.26. The third-order valence-electron chi connectivity index (χ3n) is 3.41. The smallest absolute Gasteiger partial charge is 0.244 e. The molecule has 98 valence electrons. The number of primary amides is 1. The maximum absolute atomic E-state index is 11.8. The van der Waals surface area contributed by atoms with Crippen LogP contribution in [0.15, 0.2) is 24.3 Å². The summed E-state index contributed by atoms with van der Waals surface area (Å²) in [4.78, 5) is 13.9. The predicted molar refractivity (Wildman–Crippen MR) is 70.7 cm³/mol. The number of nitrogens with one attached hydrogen (secondary N) is 1. The highest BCUT2D eigenvalue weighted by Gasteiger charge is 2.42. The van der Waals surface area contributed by atoms with Crippen LogP contribution in [-0.2, 0) is 4.79 Å². The van der Waals surface area contributed by atoms with Crippen LogP contribution in [-0.4, -0.2) is 43.6 Å². The number of likely N-dealkylation sites (N-methyl/N-ethyl adjacent to an activating group) is 1. The largest absolute Gasteiger partial charge is 0.495 e. The molecule has 1 aromatic rings. The number of ether oxygens (including phenoxy) is 1. The number of carbonyl (C=O) groups is 1. The van der Waals surface area contributed by atoms with Gasteiger partial charge in [-0.25, -0.2) is 0 Å². The van der Waals surface area contributed by atoms with Gasteiger partial charge in [-0.05, 0) is 25.6 Å². The molecule has 1 amide bonds. The lowest BCUT2D eigenvalue weighted by Gasteiger charge is -2.28. The second-order valence-corrected chi connectivity index (χ2v) is 4.76. The van der Waals surface area contributed by atoms with Gasteiger partial charge in [-0.2, -0.15) is 0 Å². The van der Waals surface area contributed by atoms with Gasteiger partial charge in [0.15, 0.2) is 0 Å². The fourth-order valence-corrected chi connectivity index (χ4v) is 2.37. The molecule has 1 aromatic carbocycles. The van der Waals surface area contributed by atoms with Gasteiger partial charge in [-0.15, -0.1) is 0 Å². The van der Waals surface area contributed by atoms with E-state index in [1.165, 1.54) is 0 Å². The molecule has 0 aliphatic carbocycles. The summed E-state index contributed by atoms with van der Waals surface area (Å²) in [7, 11) is 3.59. The molecule has 1 aliphatic heterocycles. The van der Waals surface area contributed by atoms with Crippen molar-refractivity contribution < 1.29 is 9.53 Å². The Kier molecular flexibility index (Phi) is 3.43. The van der Waals surface area contributed by atoms with E-state index in [9.17, 15) is 4.79 Å². The van der Waals surface area contributed by atoms with Crippen molar-refractivity contribution in [1.82, 2.24) is 4.90 Å². The summed E-state index contributed by atoms with van der Waals surface area (Å²) < 4.78 is 5.28. The quantitative estimate of drug-likeness (QED) is 0.823. The Morgan fingerprint density at radius 2 is 2.22 bits per heavy atom. The molecule has 0 aromatic heterocycles. The minimum atomic E-state index is -0.705. The summed E-state index contributed by atoms with van der Waals surface area (Å²) in [6, 6.07) is 7.54. The van der Waals surface area contributed by atoms with Gasteiger partial charge in [0.1, 0.15) is 11.3 Å². The first kappa shape index (κ1) is 12.7. The van der Waals surface area contributed by atoms with Gasteiger partial charge in [0.2, 0.25) is 5.91 Å². The maximum atomic E-state index is 11.8. The van der Waals surface area contributed by atoms with Crippen LogP contribution in [0.3, 0.4) is 0 Å². The van der Waals surface area contributed by atoms with Gasteiger partial charge < -0.3 is 20.7 Å². The summed E-state index contributed by atoms with van der Waals surface area (Å²) in [6.07, 6.45) is 0.705. The van der Waals surface area contributed by atoms with E-state index in [4.69, 9.17) is 10.5 Å². The molecule has 1 atom stereocenters. The van der Waals surface area contributed by atoms with Crippen LogP contribution < -0.4 is 15.8 Å². The van der Waals surface area contributed by atoms with Crippen molar-refractivity contribution in [2.75, 3.05) is 32.6 Å². The number of carbonyl (C=O) groups excluding carboxylic acids is 1. The van der Waals surface area contributed by atoms with E-state index in [0.29, 0.717) is 18.7 Å². The lowest BCUT2D eigenvalue weighted by Crippen LogP contribution is -2.52. The molecule has 5 nitrogen and oxygen atoms in total. The van der Waals surface area contributed by atoms with E-state index in [-0.39, 0.29) is 5.91 Å². The van der Waals surface area contributed by atoms with Crippen LogP contribution in [0.5, 0.6) is 5.75 Å². The molecule has 1 aliphatic rings. The number of likely N-dealkylation sites (tertiary alicyclic amines) is 1. The molecule has 0 bridgehead atoms. The Bertz CT molecular complexity index is 450. The average molecular weight is 249 g/mol. The van der Waals surface area contributed by atoms with E-state index < -0.39 is 5.54 Å². The predicted octanol–water partition coefficient (Wildman–Crippen LogP) is 0.667. The zero-order valence-electron chi connectivity index (χ0n) is 10.8. The number of hydrogen-bond acceptors (Lipinski definition) is 4. The highest BCUT2D eigenvalue weighted by atomic mass is 16.5. The van der Waals surface area contributed by atoms with Gasteiger partial charge in [0, 0.05) is 13.1 Å². The average Bonchev–Trinajstić information content (AvgIpc) is 2.73. The zero-order valence-corrected chi connectivity index (χ0v) is 10.8. The number of methoxy groups -OCH3 is 1. The number of para-hydroxylation sites is 2. The Morgan fingerprint density at radius 1 is 1.50 bits per heavy atom. The van der Waals surface area contributed by atoms with Gasteiger partial charge in [0.25, 0.3) is 0 Å². The molecular formula is C13H19N3O2. The summed E-state index contributed by atoms with van der Waals surface area (Å²) in [5.74, 6) is 0.394. The van der Waals surface area contributed by atoms with Crippen LogP contribution in [0.4, 0.5) is 5.69 Å². The standard InChI is InChI=1S/C13H19N3O2/c1-16-8-7-13(9-16,12(14)17)15-10-5-3-4-6-11(10)18-2/h3-6,15H,7-9H2,1-2H3,(H2,14,17). The van der Waals surface area contributed by atoms with Crippen molar-refractivity contribution in [3.8, 4) is 5.75 Å². The fourth-order valence-electron chi connectivity index (χ4n) is 2.37. The molecule has 2 rings (SSSR count).